The van der Waals surface area contributed by atoms with Gasteiger partial charge in [0.2, 0.25) is 0 Å². The van der Waals surface area contributed by atoms with Gasteiger partial charge in [0.25, 0.3) is 5.91 Å². The number of anilines is 1. The van der Waals surface area contributed by atoms with Crippen LogP contribution in [0.15, 0.2) is 54.6 Å². The monoisotopic (exact) mass is 738 g/mol. The molecule has 3 fully saturated rings. The molecule has 6 heterocycles. The van der Waals surface area contributed by atoms with Crippen molar-refractivity contribution in [2.75, 3.05) is 44.2 Å². The van der Waals surface area contributed by atoms with Crippen LogP contribution in [-0.2, 0) is 11.0 Å². The summed E-state index contributed by atoms with van der Waals surface area (Å²) in [6.07, 6.45) is -0.983. The Hall–Kier alpha value is -5.50. The SMILES string of the molecule is N#CC[C@H]1CN(c2nc(OC[C@@]34CCCN3C[C@H](F)C4)nc3c(F)c(-c4cc(O)ccc4C(F)(F)F)ncc23)CCN1C(=O)/C(F)=C/c1ccccn1. The maximum atomic E-state index is 16.5. The summed E-state index contributed by atoms with van der Waals surface area (Å²) in [4.78, 5) is 35.0. The fourth-order valence-corrected chi connectivity index (χ4v) is 7.52. The van der Waals surface area contributed by atoms with Crippen molar-refractivity contribution in [1.82, 2.24) is 29.7 Å². The van der Waals surface area contributed by atoms with Gasteiger partial charge in [-0.1, -0.05) is 6.07 Å². The van der Waals surface area contributed by atoms with Gasteiger partial charge in [-0.2, -0.15) is 28.4 Å². The Labute approximate surface area is 299 Å². The van der Waals surface area contributed by atoms with Crippen molar-refractivity contribution >= 4 is 28.7 Å². The third-order valence-corrected chi connectivity index (χ3v) is 9.97. The molecular weight excluding hydrogens is 706 g/mol. The topological polar surface area (TPSA) is 132 Å². The zero-order valence-electron chi connectivity index (χ0n) is 28.0. The fraction of sp³-hybridized carbons (Fsp3) is 0.389. The summed E-state index contributed by atoms with van der Waals surface area (Å²) in [5.74, 6) is -3.80. The number of piperazine rings is 1. The highest BCUT2D eigenvalue weighted by atomic mass is 19.4. The summed E-state index contributed by atoms with van der Waals surface area (Å²) in [5.41, 5.74) is -3.56. The summed E-state index contributed by atoms with van der Waals surface area (Å²) in [6, 6.07) is 7.81. The van der Waals surface area contributed by atoms with Crippen LogP contribution in [0.3, 0.4) is 0 Å². The molecule has 0 bridgehead atoms. The quantitative estimate of drug-likeness (QED) is 0.174. The molecule has 4 aromatic rings. The van der Waals surface area contributed by atoms with Crippen molar-refractivity contribution in [3.63, 3.8) is 0 Å². The second kappa shape index (κ2) is 14.1. The van der Waals surface area contributed by atoms with E-state index in [0.717, 1.165) is 30.8 Å². The van der Waals surface area contributed by atoms with Crippen LogP contribution in [0.1, 0.15) is 36.9 Å². The van der Waals surface area contributed by atoms with Crippen molar-refractivity contribution in [2.45, 2.75) is 49.6 Å². The van der Waals surface area contributed by atoms with Crippen LogP contribution in [-0.4, -0.2) is 97.8 Å². The van der Waals surface area contributed by atoms with Crippen molar-refractivity contribution in [1.29, 1.82) is 5.26 Å². The average molecular weight is 739 g/mol. The minimum atomic E-state index is -4.92. The number of nitrogens with zero attached hydrogens (tertiary/aromatic N) is 8. The lowest BCUT2D eigenvalue weighted by molar-refractivity contribution is -0.137. The number of ether oxygens (including phenoxy) is 1. The van der Waals surface area contributed by atoms with Crippen LogP contribution in [0.4, 0.5) is 32.2 Å². The summed E-state index contributed by atoms with van der Waals surface area (Å²) in [5, 5.41) is 19.7. The van der Waals surface area contributed by atoms with Crippen LogP contribution in [0, 0.1) is 17.1 Å². The van der Waals surface area contributed by atoms with E-state index in [2.05, 4.69) is 19.9 Å². The maximum Gasteiger partial charge on any atom is 0.417 e. The van der Waals surface area contributed by atoms with Gasteiger partial charge in [-0.15, -0.1) is 0 Å². The van der Waals surface area contributed by atoms with Gasteiger partial charge in [0.05, 0.1) is 40.7 Å². The number of aromatic nitrogens is 4. The Bertz CT molecular complexity index is 2110. The van der Waals surface area contributed by atoms with Crippen molar-refractivity contribution in [2.24, 2.45) is 0 Å². The van der Waals surface area contributed by atoms with Gasteiger partial charge in [-0.3, -0.25) is 19.7 Å². The first kappa shape index (κ1) is 35.9. The molecule has 53 heavy (non-hydrogen) atoms. The summed E-state index contributed by atoms with van der Waals surface area (Å²) >= 11 is 0. The molecular formula is C36H32F6N8O3. The highest BCUT2D eigenvalue weighted by Gasteiger charge is 2.49. The number of phenols is 1. The fourth-order valence-electron chi connectivity index (χ4n) is 7.52. The highest BCUT2D eigenvalue weighted by Crippen LogP contribution is 2.42. The lowest BCUT2D eigenvalue weighted by atomic mass is 9.95. The highest BCUT2D eigenvalue weighted by molar-refractivity contribution is 5.96. The number of rotatable bonds is 8. The molecule has 276 valence electrons. The Morgan fingerprint density at radius 2 is 1.96 bits per heavy atom. The van der Waals surface area contributed by atoms with Crippen molar-refractivity contribution in [3.8, 4) is 29.1 Å². The third kappa shape index (κ3) is 7.02. The number of pyridine rings is 2. The number of alkyl halides is 4. The minimum absolute atomic E-state index is 0.0191. The largest absolute Gasteiger partial charge is 0.508 e. The lowest BCUT2D eigenvalue weighted by Gasteiger charge is -2.41. The van der Waals surface area contributed by atoms with E-state index in [1.807, 2.05) is 11.0 Å². The third-order valence-electron chi connectivity index (χ3n) is 9.97. The maximum absolute atomic E-state index is 16.5. The number of carbonyl (C=O) groups excluding carboxylic acids is 1. The van der Waals surface area contributed by atoms with Crippen LogP contribution in [0.5, 0.6) is 11.8 Å². The molecule has 3 aromatic heterocycles. The number of aromatic hydroxyl groups is 1. The predicted octanol–water partition coefficient (Wildman–Crippen LogP) is 5.85. The molecule has 3 atom stereocenters. The summed E-state index contributed by atoms with van der Waals surface area (Å²) in [7, 11) is 0. The van der Waals surface area contributed by atoms with Crippen molar-refractivity contribution in [3.05, 3.63) is 71.7 Å². The molecule has 0 aliphatic carbocycles. The second-order valence-electron chi connectivity index (χ2n) is 13.3. The molecule has 0 unspecified atom stereocenters. The Kier molecular flexibility index (Phi) is 9.58. The van der Waals surface area contributed by atoms with Gasteiger partial charge in [0.1, 0.15) is 35.6 Å². The van der Waals surface area contributed by atoms with Gasteiger partial charge >= 0.3 is 12.2 Å². The Balaban J connectivity index is 1.27. The van der Waals surface area contributed by atoms with E-state index < -0.39 is 69.6 Å². The average Bonchev–Trinajstić information content (AvgIpc) is 3.66. The lowest BCUT2D eigenvalue weighted by Crippen LogP contribution is -2.55. The summed E-state index contributed by atoms with van der Waals surface area (Å²) in [6.45, 7) is 0.734. The molecule has 7 rings (SSSR count). The number of phenolic OH excluding ortho intramolecular Hbond substituents is 1. The second-order valence-corrected chi connectivity index (χ2v) is 13.3. The van der Waals surface area contributed by atoms with E-state index in [4.69, 9.17) is 4.74 Å². The predicted molar refractivity (Wildman–Crippen MR) is 179 cm³/mol. The minimum Gasteiger partial charge on any atom is -0.508 e. The van der Waals surface area contributed by atoms with E-state index >= 15 is 8.78 Å². The number of amides is 1. The van der Waals surface area contributed by atoms with Crippen molar-refractivity contribution < 1.29 is 41.0 Å². The Morgan fingerprint density at radius 3 is 2.72 bits per heavy atom. The standard InChI is InChI=1S/C36H32F6N8O3/c37-21-16-35(8-3-11-49(35)18-21)20-53-34-46-31-26(17-45-30(29(31)39)25-15-24(51)5-6-27(25)36(40,41)42)32(47-34)48-12-13-50(23(19-48)7-9-43)33(52)28(38)14-22-4-1-2-10-44-22/h1-2,4-6,10,14-15,17,21,23,51H,3,7-8,11-13,16,18-20H2/b28-14-/t21-,23+,35+/m1/s1. The normalized spacial score (nSPS) is 22.2. The number of carbonyl (C=O) groups is 1. The molecule has 0 spiro atoms. The van der Waals surface area contributed by atoms with Crippen LogP contribution in [0.25, 0.3) is 28.2 Å². The molecule has 0 saturated carbocycles. The van der Waals surface area contributed by atoms with Gasteiger partial charge < -0.3 is 19.6 Å². The number of halogens is 6. The summed E-state index contributed by atoms with van der Waals surface area (Å²) < 4.78 is 94.3. The first-order valence-corrected chi connectivity index (χ1v) is 16.9. The zero-order valence-corrected chi connectivity index (χ0v) is 28.0. The van der Waals surface area contributed by atoms with E-state index in [1.165, 1.54) is 17.2 Å². The van der Waals surface area contributed by atoms with Crippen LogP contribution >= 0.6 is 0 Å². The molecule has 1 aromatic carbocycles. The number of hydrogen-bond donors (Lipinski definition) is 1. The van der Waals surface area contributed by atoms with E-state index in [1.54, 1.807) is 17.0 Å². The van der Waals surface area contributed by atoms with Gasteiger partial charge in [-0.25, -0.2) is 13.2 Å². The first-order chi connectivity index (χ1) is 25.4. The van der Waals surface area contributed by atoms with E-state index in [0.29, 0.717) is 19.0 Å². The van der Waals surface area contributed by atoms with Crippen LogP contribution in [0.2, 0.25) is 0 Å². The molecule has 3 saturated heterocycles. The molecule has 1 amide bonds. The van der Waals surface area contributed by atoms with Gasteiger partial charge in [0, 0.05) is 56.6 Å². The smallest absolute Gasteiger partial charge is 0.417 e. The Morgan fingerprint density at radius 1 is 1.13 bits per heavy atom. The zero-order chi connectivity index (χ0) is 37.5. The molecule has 0 radical (unpaired) electrons. The number of benzene rings is 1. The number of nitriles is 1. The van der Waals surface area contributed by atoms with Crippen LogP contribution < -0.4 is 9.64 Å². The molecule has 3 aliphatic heterocycles. The molecule has 17 heteroatoms. The molecule has 11 nitrogen and oxygen atoms in total. The number of hydrogen-bond acceptors (Lipinski definition) is 10. The van der Waals surface area contributed by atoms with Gasteiger partial charge in [0.15, 0.2) is 11.6 Å². The van der Waals surface area contributed by atoms with E-state index in [9.17, 15) is 32.7 Å². The first-order valence-electron chi connectivity index (χ1n) is 16.9. The number of fused-ring (bicyclic) bond motifs is 2. The molecule has 1 N–H and O–H groups in total. The van der Waals surface area contributed by atoms with E-state index in [-0.39, 0.29) is 68.5 Å². The van der Waals surface area contributed by atoms with Gasteiger partial charge in [-0.05, 0) is 49.7 Å². The molecule has 3 aliphatic rings.